The second-order valence-electron chi connectivity index (χ2n) is 7.10. The van der Waals surface area contributed by atoms with Crippen molar-refractivity contribution in [3.63, 3.8) is 0 Å². The van der Waals surface area contributed by atoms with Crippen molar-refractivity contribution in [3.05, 3.63) is 87.4 Å². The van der Waals surface area contributed by atoms with Crippen LogP contribution >= 0.6 is 11.3 Å². The number of ketones is 1. The Kier molecular flexibility index (Phi) is 4.71. The first kappa shape index (κ1) is 19.3. The van der Waals surface area contributed by atoms with Crippen LogP contribution in [0.25, 0.3) is 5.76 Å². The highest BCUT2D eigenvalue weighted by atomic mass is 32.1. The monoisotopic (exact) mass is 437 g/mol. The quantitative estimate of drug-likeness (QED) is 0.375. The summed E-state index contributed by atoms with van der Waals surface area (Å²) in [5, 5.41) is 12.9. The molecule has 0 saturated carbocycles. The number of thiophene rings is 1. The number of carbonyl (C=O) groups is 2. The number of nitrogens with zero attached hydrogens (tertiary/aromatic N) is 1. The number of Topliss-reactive ketones (excluding diaryl/α,β-unsaturated/α-hetero) is 1. The highest BCUT2D eigenvalue weighted by Crippen LogP contribution is 2.42. The number of hydrogen-bond acceptors (Lipinski definition) is 6. The predicted molar refractivity (Wildman–Crippen MR) is 111 cm³/mol. The van der Waals surface area contributed by atoms with Crippen molar-refractivity contribution < 1.29 is 28.6 Å². The van der Waals surface area contributed by atoms with Gasteiger partial charge in [-0.3, -0.25) is 9.59 Å². The molecular weight excluding hydrogens is 421 g/mol. The van der Waals surface area contributed by atoms with E-state index >= 15 is 0 Å². The standard InChI is InChI=1S/C23H16FNO5S/c24-16-6-2-1-5-15(16)20-19(21(26)13-7-8-17-18(10-13)30-12-29-17)22(27)23(28)25(20)11-14-4-3-9-31-14/h1-10,20,26H,11-12H2/b21-19+. The first-order chi connectivity index (χ1) is 15.0. The SMILES string of the molecule is O=C1C(=O)N(Cc2cccs2)C(c2ccccc2F)/C1=C(\O)c1ccc2c(c1)OCO2. The zero-order chi connectivity index (χ0) is 21.5. The largest absolute Gasteiger partial charge is 0.507 e. The van der Waals surface area contributed by atoms with Gasteiger partial charge < -0.3 is 19.5 Å². The van der Waals surface area contributed by atoms with E-state index in [1.165, 1.54) is 40.5 Å². The molecule has 1 saturated heterocycles. The van der Waals surface area contributed by atoms with Crippen LogP contribution in [0, 0.1) is 5.82 Å². The third-order valence-electron chi connectivity index (χ3n) is 5.29. The summed E-state index contributed by atoms with van der Waals surface area (Å²) in [4.78, 5) is 28.1. The molecular formula is C23H16FNO5S. The molecule has 1 amide bonds. The van der Waals surface area contributed by atoms with E-state index in [0.717, 1.165) is 4.88 Å². The molecule has 2 aromatic carbocycles. The van der Waals surface area contributed by atoms with E-state index in [4.69, 9.17) is 9.47 Å². The number of hydrogen-bond donors (Lipinski definition) is 1. The van der Waals surface area contributed by atoms with Gasteiger partial charge in [0.05, 0.1) is 18.2 Å². The summed E-state index contributed by atoms with van der Waals surface area (Å²) in [7, 11) is 0. The highest BCUT2D eigenvalue weighted by molar-refractivity contribution is 7.09. The van der Waals surface area contributed by atoms with Crippen LogP contribution < -0.4 is 9.47 Å². The number of halogens is 1. The van der Waals surface area contributed by atoms with Gasteiger partial charge in [-0.15, -0.1) is 11.3 Å². The second-order valence-corrected chi connectivity index (χ2v) is 8.13. The van der Waals surface area contributed by atoms with Crippen LogP contribution in [0.2, 0.25) is 0 Å². The smallest absolute Gasteiger partial charge is 0.295 e. The van der Waals surface area contributed by atoms with Crippen LogP contribution in [0.3, 0.4) is 0 Å². The van der Waals surface area contributed by atoms with E-state index in [-0.39, 0.29) is 30.0 Å². The average Bonchev–Trinajstić information content (AvgIpc) is 3.50. The molecule has 1 atom stereocenters. The summed E-state index contributed by atoms with van der Waals surface area (Å²) in [6.45, 7) is 0.180. The van der Waals surface area contributed by atoms with Crippen LogP contribution in [0.1, 0.15) is 22.0 Å². The summed E-state index contributed by atoms with van der Waals surface area (Å²) < 4.78 is 25.4. The predicted octanol–water partition coefficient (Wildman–Crippen LogP) is 4.24. The van der Waals surface area contributed by atoms with E-state index in [0.29, 0.717) is 11.5 Å². The Morgan fingerprint density at radius 2 is 1.90 bits per heavy atom. The molecule has 0 aliphatic carbocycles. The van der Waals surface area contributed by atoms with Gasteiger partial charge >= 0.3 is 0 Å². The molecule has 31 heavy (non-hydrogen) atoms. The van der Waals surface area contributed by atoms with Crippen molar-refractivity contribution in [1.82, 2.24) is 4.90 Å². The van der Waals surface area contributed by atoms with Crippen molar-refractivity contribution >= 4 is 28.8 Å². The first-order valence-electron chi connectivity index (χ1n) is 9.50. The van der Waals surface area contributed by atoms with Crippen molar-refractivity contribution in [2.24, 2.45) is 0 Å². The number of ether oxygens (including phenoxy) is 2. The van der Waals surface area contributed by atoms with Gasteiger partial charge in [0.25, 0.3) is 11.7 Å². The maximum atomic E-state index is 14.8. The van der Waals surface area contributed by atoms with E-state index in [2.05, 4.69) is 0 Å². The first-order valence-corrected chi connectivity index (χ1v) is 10.4. The molecule has 1 aromatic heterocycles. The lowest BCUT2D eigenvalue weighted by Gasteiger charge is -2.25. The molecule has 5 rings (SSSR count). The van der Waals surface area contributed by atoms with Gasteiger partial charge in [-0.2, -0.15) is 0 Å². The Labute approximate surface area is 180 Å². The Bertz CT molecular complexity index is 1220. The van der Waals surface area contributed by atoms with E-state index in [1.54, 1.807) is 18.2 Å². The summed E-state index contributed by atoms with van der Waals surface area (Å²) in [5.74, 6) is -1.68. The Morgan fingerprint density at radius 1 is 1.10 bits per heavy atom. The van der Waals surface area contributed by atoms with Gasteiger partial charge in [0.2, 0.25) is 6.79 Å². The molecule has 3 aromatic rings. The third kappa shape index (κ3) is 3.25. The fourth-order valence-corrected chi connectivity index (χ4v) is 4.54. The minimum atomic E-state index is -1.06. The van der Waals surface area contributed by atoms with E-state index in [9.17, 15) is 19.1 Å². The molecule has 2 aliphatic rings. The van der Waals surface area contributed by atoms with Crippen LogP contribution in [-0.2, 0) is 16.1 Å². The number of fused-ring (bicyclic) bond motifs is 1. The lowest BCUT2D eigenvalue weighted by molar-refractivity contribution is -0.140. The summed E-state index contributed by atoms with van der Waals surface area (Å²) >= 11 is 1.43. The zero-order valence-corrected chi connectivity index (χ0v) is 16.9. The molecule has 0 spiro atoms. The minimum Gasteiger partial charge on any atom is -0.507 e. The van der Waals surface area contributed by atoms with Gasteiger partial charge in [-0.25, -0.2) is 4.39 Å². The Hall–Kier alpha value is -3.65. The second kappa shape index (κ2) is 7.55. The van der Waals surface area contributed by atoms with Crippen molar-refractivity contribution in [2.45, 2.75) is 12.6 Å². The number of aliphatic hydroxyl groups excluding tert-OH is 1. The fourth-order valence-electron chi connectivity index (χ4n) is 3.83. The number of carbonyl (C=O) groups excluding carboxylic acids is 2. The van der Waals surface area contributed by atoms with E-state index < -0.39 is 29.3 Å². The minimum absolute atomic E-state index is 0.0555. The number of amides is 1. The number of rotatable bonds is 4. The molecule has 0 radical (unpaired) electrons. The molecule has 8 heteroatoms. The van der Waals surface area contributed by atoms with Gasteiger partial charge in [-0.1, -0.05) is 24.3 Å². The highest BCUT2D eigenvalue weighted by Gasteiger charge is 2.47. The lowest BCUT2D eigenvalue weighted by Crippen LogP contribution is -2.29. The van der Waals surface area contributed by atoms with Crippen LogP contribution in [0.15, 0.2) is 65.6 Å². The molecule has 3 heterocycles. The molecule has 1 unspecified atom stereocenters. The molecule has 1 fully saturated rings. The van der Waals surface area contributed by atoms with Gasteiger partial charge in [-0.05, 0) is 35.7 Å². The Balaban J connectivity index is 1.66. The van der Waals surface area contributed by atoms with Gasteiger partial charge in [0.1, 0.15) is 11.6 Å². The number of aliphatic hydroxyl groups is 1. The normalized spacial score (nSPS) is 19.3. The van der Waals surface area contributed by atoms with Crippen LogP contribution in [0.5, 0.6) is 11.5 Å². The fraction of sp³-hybridized carbons (Fsp3) is 0.130. The average molecular weight is 437 g/mol. The van der Waals surface area contributed by atoms with Crippen molar-refractivity contribution in [3.8, 4) is 11.5 Å². The van der Waals surface area contributed by atoms with Crippen LogP contribution in [-0.4, -0.2) is 28.5 Å². The maximum Gasteiger partial charge on any atom is 0.295 e. The number of benzene rings is 2. The zero-order valence-electron chi connectivity index (χ0n) is 16.1. The molecule has 156 valence electrons. The Morgan fingerprint density at radius 3 is 2.68 bits per heavy atom. The van der Waals surface area contributed by atoms with Crippen molar-refractivity contribution in [2.75, 3.05) is 6.79 Å². The maximum absolute atomic E-state index is 14.8. The number of likely N-dealkylation sites (tertiary alicyclic amines) is 1. The van der Waals surface area contributed by atoms with Gasteiger partial charge in [0.15, 0.2) is 11.5 Å². The molecule has 0 bridgehead atoms. The van der Waals surface area contributed by atoms with Crippen molar-refractivity contribution in [1.29, 1.82) is 0 Å². The van der Waals surface area contributed by atoms with Crippen LogP contribution in [0.4, 0.5) is 4.39 Å². The molecule has 1 N–H and O–H groups in total. The summed E-state index contributed by atoms with van der Waals surface area (Å²) in [5.41, 5.74) is 0.255. The lowest BCUT2D eigenvalue weighted by atomic mass is 9.95. The summed E-state index contributed by atoms with van der Waals surface area (Å²) in [6, 6.07) is 13.2. The van der Waals surface area contributed by atoms with E-state index in [1.807, 2.05) is 17.5 Å². The topological polar surface area (TPSA) is 76.1 Å². The summed E-state index contributed by atoms with van der Waals surface area (Å²) in [6.07, 6.45) is 0. The molecule has 2 aliphatic heterocycles. The third-order valence-corrected chi connectivity index (χ3v) is 6.15. The molecule has 6 nitrogen and oxygen atoms in total. The van der Waals surface area contributed by atoms with Gasteiger partial charge in [0, 0.05) is 16.0 Å².